The number of nitrogens with zero attached hydrogens (tertiary/aromatic N) is 3. The first-order chi connectivity index (χ1) is 7.81. The van der Waals surface area contributed by atoms with Crippen molar-refractivity contribution in [3.8, 4) is 6.07 Å². The van der Waals surface area contributed by atoms with E-state index in [1.54, 1.807) is 13.3 Å². The second-order valence-corrected chi connectivity index (χ2v) is 3.91. The van der Waals surface area contributed by atoms with Crippen LogP contribution in [-0.2, 0) is 4.74 Å². The highest BCUT2D eigenvalue weighted by atomic mass is 16.5. The molecule has 2 rings (SSSR count). The van der Waals surface area contributed by atoms with Crippen molar-refractivity contribution < 1.29 is 4.74 Å². The fourth-order valence-corrected chi connectivity index (χ4v) is 1.95. The molecule has 1 aromatic heterocycles. The third-order valence-electron chi connectivity index (χ3n) is 2.84. The van der Waals surface area contributed by atoms with E-state index in [9.17, 15) is 0 Å². The first-order valence-corrected chi connectivity index (χ1v) is 5.33. The van der Waals surface area contributed by atoms with Crippen LogP contribution in [0.15, 0.2) is 12.4 Å². The minimum absolute atomic E-state index is 0.340. The van der Waals surface area contributed by atoms with Crippen LogP contribution in [-0.4, -0.2) is 29.2 Å². The molecule has 1 saturated carbocycles. The molecule has 1 aromatic rings. The van der Waals surface area contributed by atoms with Gasteiger partial charge in [-0.15, -0.1) is 0 Å². The number of nitrogens with one attached hydrogen (secondary N) is 1. The lowest BCUT2D eigenvalue weighted by Gasteiger charge is -2.12. The molecule has 2 unspecified atom stereocenters. The number of ether oxygens (including phenoxy) is 1. The molecule has 1 fully saturated rings. The normalized spacial score (nSPS) is 24.0. The average molecular weight is 218 g/mol. The molecule has 2 atom stereocenters. The van der Waals surface area contributed by atoms with Crippen LogP contribution in [0.3, 0.4) is 0 Å². The SMILES string of the molecule is COC1CCC(Nc2cnc(C#N)cn2)C1. The second-order valence-electron chi connectivity index (χ2n) is 3.91. The lowest BCUT2D eigenvalue weighted by Crippen LogP contribution is -2.18. The van der Waals surface area contributed by atoms with Crippen LogP contribution in [0, 0.1) is 11.3 Å². The number of nitriles is 1. The van der Waals surface area contributed by atoms with Gasteiger partial charge >= 0.3 is 0 Å². The second kappa shape index (κ2) is 4.90. The van der Waals surface area contributed by atoms with Crippen LogP contribution in [0.4, 0.5) is 5.82 Å². The summed E-state index contributed by atoms with van der Waals surface area (Å²) in [7, 11) is 1.74. The van der Waals surface area contributed by atoms with E-state index in [-0.39, 0.29) is 0 Å². The average Bonchev–Trinajstić information content (AvgIpc) is 2.78. The minimum Gasteiger partial charge on any atom is -0.381 e. The van der Waals surface area contributed by atoms with Crippen LogP contribution in [0.5, 0.6) is 0 Å². The fraction of sp³-hybridized carbons (Fsp3) is 0.545. The zero-order valence-electron chi connectivity index (χ0n) is 9.18. The molecule has 0 spiro atoms. The fourth-order valence-electron chi connectivity index (χ4n) is 1.95. The molecule has 0 amide bonds. The monoisotopic (exact) mass is 218 g/mol. The highest BCUT2D eigenvalue weighted by Crippen LogP contribution is 2.23. The molecule has 0 radical (unpaired) electrons. The summed E-state index contributed by atoms with van der Waals surface area (Å²) >= 11 is 0. The van der Waals surface area contributed by atoms with Gasteiger partial charge in [0.2, 0.25) is 0 Å². The number of hydrogen-bond acceptors (Lipinski definition) is 5. The lowest BCUT2D eigenvalue weighted by atomic mass is 10.2. The summed E-state index contributed by atoms with van der Waals surface area (Å²) in [6, 6.07) is 2.34. The number of anilines is 1. The third-order valence-corrected chi connectivity index (χ3v) is 2.84. The molecule has 5 nitrogen and oxygen atoms in total. The molecule has 0 aromatic carbocycles. The van der Waals surface area contributed by atoms with Crippen molar-refractivity contribution in [2.75, 3.05) is 12.4 Å². The van der Waals surface area contributed by atoms with Crippen molar-refractivity contribution in [2.45, 2.75) is 31.4 Å². The van der Waals surface area contributed by atoms with Gasteiger partial charge in [0.25, 0.3) is 0 Å². The highest BCUT2D eigenvalue weighted by molar-refractivity contribution is 5.34. The van der Waals surface area contributed by atoms with Gasteiger partial charge in [0.1, 0.15) is 11.9 Å². The van der Waals surface area contributed by atoms with Gasteiger partial charge in [-0.3, -0.25) is 0 Å². The topological polar surface area (TPSA) is 70.8 Å². The Morgan fingerprint density at radius 1 is 1.44 bits per heavy atom. The van der Waals surface area contributed by atoms with Crippen LogP contribution in [0.1, 0.15) is 25.0 Å². The van der Waals surface area contributed by atoms with Gasteiger partial charge in [-0.05, 0) is 19.3 Å². The van der Waals surface area contributed by atoms with Crippen LogP contribution in [0.25, 0.3) is 0 Å². The van der Waals surface area contributed by atoms with E-state index in [4.69, 9.17) is 10.00 Å². The Labute approximate surface area is 94.5 Å². The summed E-state index contributed by atoms with van der Waals surface area (Å²) in [5, 5.41) is 11.9. The summed E-state index contributed by atoms with van der Waals surface area (Å²) in [6.07, 6.45) is 6.59. The van der Waals surface area contributed by atoms with E-state index in [1.807, 2.05) is 6.07 Å². The molecule has 84 valence electrons. The summed E-state index contributed by atoms with van der Waals surface area (Å²) < 4.78 is 5.30. The van der Waals surface area contributed by atoms with Crippen LogP contribution in [0.2, 0.25) is 0 Å². The number of hydrogen-bond donors (Lipinski definition) is 1. The maximum atomic E-state index is 8.59. The summed E-state index contributed by atoms with van der Waals surface area (Å²) in [6.45, 7) is 0. The van der Waals surface area contributed by atoms with E-state index in [0.29, 0.717) is 17.8 Å². The smallest absolute Gasteiger partial charge is 0.158 e. The molecule has 1 heterocycles. The van der Waals surface area contributed by atoms with E-state index in [1.165, 1.54) is 6.20 Å². The van der Waals surface area contributed by atoms with E-state index in [0.717, 1.165) is 25.1 Å². The van der Waals surface area contributed by atoms with Gasteiger partial charge in [0.05, 0.1) is 18.5 Å². The largest absolute Gasteiger partial charge is 0.381 e. The molecule has 5 heteroatoms. The predicted octanol–water partition coefficient (Wildman–Crippen LogP) is 1.33. The number of aromatic nitrogens is 2. The standard InChI is InChI=1S/C11H14N4O/c1-16-10-3-2-8(4-10)15-11-7-13-9(5-12)6-14-11/h6-8,10H,2-4H2,1H3,(H,14,15). The van der Waals surface area contributed by atoms with Crippen molar-refractivity contribution in [3.63, 3.8) is 0 Å². The van der Waals surface area contributed by atoms with Crippen molar-refractivity contribution >= 4 is 5.82 Å². The molecular weight excluding hydrogens is 204 g/mol. The van der Waals surface area contributed by atoms with Gasteiger partial charge < -0.3 is 10.1 Å². The Morgan fingerprint density at radius 3 is 2.88 bits per heavy atom. The van der Waals surface area contributed by atoms with E-state index < -0.39 is 0 Å². The molecule has 16 heavy (non-hydrogen) atoms. The highest BCUT2D eigenvalue weighted by Gasteiger charge is 2.24. The maximum absolute atomic E-state index is 8.59. The van der Waals surface area contributed by atoms with Gasteiger partial charge in [0, 0.05) is 13.2 Å². The number of rotatable bonds is 3. The molecule has 0 bridgehead atoms. The number of methoxy groups -OCH3 is 1. The van der Waals surface area contributed by atoms with Crippen molar-refractivity contribution in [3.05, 3.63) is 18.1 Å². The minimum atomic E-state index is 0.340. The Balaban J connectivity index is 1.92. The Morgan fingerprint density at radius 2 is 2.31 bits per heavy atom. The van der Waals surface area contributed by atoms with Crippen molar-refractivity contribution in [1.82, 2.24) is 9.97 Å². The van der Waals surface area contributed by atoms with Gasteiger partial charge in [-0.25, -0.2) is 9.97 Å². The van der Waals surface area contributed by atoms with Crippen molar-refractivity contribution in [1.29, 1.82) is 5.26 Å². The van der Waals surface area contributed by atoms with Crippen LogP contribution < -0.4 is 5.32 Å². The Bertz CT molecular complexity index is 384. The predicted molar refractivity (Wildman–Crippen MR) is 58.8 cm³/mol. The maximum Gasteiger partial charge on any atom is 0.158 e. The molecule has 1 aliphatic carbocycles. The zero-order valence-corrected chi connectivity index (χ0v) is 9.18. The van der Waals surface area contributed by atoms with E-state index in [2.05, 4.69) is 15.3 Å². The Kier molecular flexibility index (Phi) is 3.32. The Hall–Kier alpha value is -1.67. The molecule has 1 aliphatic rings. The molecule has 0 saturated heterocycles. The van der Waals surface area contributed by atoms with Crippen molar-refractivity contribution in [2.24, 2.45) is 0 Å². The first-order valence-electron chi connectivity index (χ1n) is 5.33. The summed E-state index contributed by atoms with van der Waals surface area (Å²) in [5.74, 6) is 0.723. The third kappa shape index (κ3) is 2.47. The van der Waals surface area contributed by atoms with Crippen LogP contribution >= 0.6 is 0 Å². The van der Waals surface area contributed by atoms with Gasteiger partial charge in [-0.1, -0.05) is 0 Å². The van der Waals surface area contributed by atoms with E-state index >= 15 is 0 Å². The van der Waals surface area contributed by atoms with Gasteiger partial charge in [-0.2, -0.15) is 5.26 Å². The first kappa shape index (κ1) is 10.8. The lowest BCUT2D eigenvalue weighted by molar-refractivity contribution is 0.108. The molecular formula is C11H14N4O. The quantitative estimate of drug-likeness (QED) is 0.828. The molecule has 0 aliphatic heterocycles. The zero-order chi connectivity index (χ0) is 11.4. The summed E-state index contributed by atoms with van der Waals surface area (Å²) in [5.41, 5.74) is 0.340. The van der Waals surface area contributed by atoms with Gasteiger partial charge in [0.15, 0.2) is 5.69 Å². The molecule has 1 N–H and O–H groups in total. The summed E-state index contributed by atoms with van der Waals surface area (Å²) in [4.78, 5) is 8.09.